The van der Waals surface area contributed by atoms with Gasteiger partial charge in [-0.1, -0.05) is 69.3 Å². The first-order valence-electron chi connectivity index (χ1n) is 12.0. The Morgan fingerprint density at radius 3 is 2.03 bits per heavy atom. The van der Waals surface area contributed by atoms with Gasteiger partial charge >= 0.3 is 0 Å². The van der Waals surface area contributed by atoms with E-state index >= 15 is 0 Å². The second-order valence-corrected chi connectivity index (χ2v) is 9.45. The van der Waals surface area contributed by atoms with Gasteiger partial charge in [0.2, 0.25) is 0 Å². The van der Waals surface area contributed by atoms with Crippen LogP contribution in [0.25, 0.3) is 5.76 Å². The van der Waals surface area contributed by atoms with Crippen molar-refractivity contribution < 1.29 is 14.7 Å². The molecule has 1 saturated heterocycles. The first-order chi connectivity index (χ1) is 16.7. The van der Waals surface area contributed by atoms with Crippen molar-refractivity contribution in [1.82, 2.24) is 0 Å². The third-order valence-corrected chi connectivity index (χ3v) is 6.64. The average molecular weight is 469 g/mol. The molecule has 35 heavy (non-hydrogen) atoms. The number of hydrogen-bond donors (Lipinski definition) is 1. The van der Waals surface area contributed by atoms with Gasteiger partial charge in [0, 0.05) is 31.0 Å². The number of rotatable bonds is 6. The zero-order valence-electron chi connectivity index (χ0n) is 20.9. The predicted molar refractivity (Wildman–Crippen MR) is 142 cm³/mol. The van der Waals surface area contributed by atoms with E-state index in [0.717, 1.165) is 28.8 Å². The zero-order chi connectivity index (χ0) is 25.3. The Labute approximate surface area is 207 Å². The number of aliphatic hydroxyl groups is 1. The molecular weight excluding hydrogens is 436 g/mol. The summed E-state index contributed by atoms with van der Waals surface area (Å²) in [7, 11) is 3.89. The quantitative estimate of drug-likeness (QED) is 0.271. The number of Topliss-reactive ketones (excluding diaryl/α,β-unsaturated/α-hetero) is 1. The highest BCUT2D eigenvalue weighted by Crippen LogP contribution is 2.42. The second kappa shape index (κ2) is 9.79. The fourth-order valence-corrected chi connectivity index (χ4v) is 4.44. The predicted octanol–water partition coefficient (Wildman–Crippen LogP) is 6.06. The number of aliphatic hydroxyl groups excluding tert-OH is 1. The van der Waals surface area contributed by atoms with Crippen molar-refractivity contribution in [3.8, 4) is 0 Å². The van der Waals surface area contributed by atoms with Crippen molar-refractivity contribution in [2.45, 2.75) is 39.2 Å². The number of carbonyl (C=O) groups is 2. The normalized spacial score (nSPS) is 17.3. The molecule has 0 aromatic heterocycles. The van der Waals surface area contributed by atoms with Crippen molar-refractivity contribution >= 4 is 28.8 Å². The minimum absolute atomic E-state index is 0.105. The Balaban J connectivity index is 1.88. The number of nitrogens with zero attached hydrogens (tertiary/aromatic N) is 2. The molecule has 0 spiro atoms. The van der Waals surface area contributed by atoms with Crippen LogP contribution in [0.2, 0.25) is 0 Å². The number of amides is 1. The van der Waals surface area contributed by atoms with Gasteiger partial charge in [0.25, 0.3) is 11.7 Å². The molecule has 5 heteroatoms. The molecule has 0 saturated carbocycles. The molecule has 5 nitrogen and oxygen atoms in total. The van der Waals surface area contributed by atoms with Crippen LogP contribution >= 0.6 is 0 Å². The van der Waals surface area contributed by atoms with Crippen molar-refractivity contribution in [2.24, 2.45) is 0 Å². The van der Waals surface area contributed by atoms with Gasteiger partial charge in [-0.3, -0.25) is 14.5 Å². The highest BCUT2D eigenvalue weighted by Gasteiger charge is 2.47. The Kier molecular flexibility index (Phi) is 6.79. The van der Waals surface area contributed by atoms with E-state index in [1.807, 2.05) is 79.7 Å². The van der Waals surface area contributed by atoms with E-state index in [9.17, 15) is 14.7 Å². The highest BCUT2D eigenvalue weighted by molar-refractivity contribution is 6.51. The lowest BCUT2D eigenvalue weighted by molar-refractivity contribution is -0.132. The van der Waals surface area contributed by atoms with Crippen molar-refractivity contribution in [3.63, 3.8) is 0 Å². The molecule has 3 aromatic rings. The summed E-state index contributed by atoms with van der Waals surface area (Å²) < 4.78 is 0. The molecule has 1 heterocycles. The molecule has 1 unspecified atom stereocenters. The minimum Gasteiger partial charge on any atom is -0.507 e. The maximum Gasteiger partial charge on any atom is 0.300 e. The van der Waals surface area contributed by atoms with E-state index in [4.69, 9.17) is 0 Å². The van der Waals surface area contributed by atoms with E-state index in [-0.39, 0.29) is 11.3 Å². The molecular formula is C30H32N2O3. The second-order valence-electron chi connectivity index (χ2n) is 9.45. The largest absolute Gasteiger partial charge is 0.507 e. The topological polar surface area (TPSA) is 60.9 Å². The standard InChI is InChI=1S/C30H32N2O3/c1-6-20-7-9-23(10-8-20)28(33)26-27(22-13-11-21(12-14-22)19(2)3)32(30(35)29(26)34)25-17-15-24(16-18-25)31(4)5/h7-19,27,33H,6H2,1-5H3/b28-26+. The van der Waals surface area contributed by atoms with Crippen LogP contribution in [0.4, 0.5) is 11.4 Å². The summed E-state index contributed by atoms with van der Waals surface area (Å²) in [5.74, 6) is -1.13. The summed E-state index contributed by atoms with van der Waals surface area (Å²) in [6, 6.07) is 22.2. The summed E-state index contributed by atoms with van der Waals surface area (Å²) >= 11 is 0. The minimum atomic E-state index is -0.729. The molecule has 3 aromatic carbocycles. The van der Waals surface area contributed by atoms with Gasteiger partial charge in [-0.2, -0.15) is 0 Å². The summed E-state index contributed by atoms with van der Waals surface area (Å²) in [6.07, 6.45) is 0.872. The smallest absolute Gasteiger partial charge is 0.300 e. The van der Waals surface area contributed by atoms with Gasteiger partial charge in [0.1, 0.15) is 5.76 Å². The molecule has 1 aliphatic rings. The number of carbonyl (C=O) groups excluding carboxylic acids is 2. The molecule has 180 valence electrons. The van der Waals surface area contributed by atoms with Crippen molar-refractivity contribution in [1.29, 1.82) is 0 Å². The Bertz CT molecular complexity index is 1250. The van der Waals surface area contributed by atoms with Crippen LogP contribution in [0.5, 0.6) is 0 Å². The molecule has 4 rings (SSSR count). The van der Waals surface area contributed by atoms with Gasteiger partial charge in [-0.15, -0.1) is 0 Å². The molecule has 1 amide bonds. The van der Waals surface area contributed by atoms with E-state index in [2.05, 4.69) is 20.8 Å². The van der Waals surface area contributed by atoms with Gasteiger partial charge in [0.15, 0.2) is 0 Å². The summed E-state index contributed by atoms with van der Waals surface area (Å²) in [6.45, 7) is 6.30. The Morgan fingerprint density at radius 2 is 1.51 bits per heavy atom. The lowest BCUT2D eigenvalue weighted by Crippen LogP contribution is -2.29. The maximum atomic E-state index is 13.4. The highest BCUT2D eigenvalue weighted by atomic mass is 16.3. The fraction of sp³-hybridized carbons (Fsp3) is 0.267. The van der Waals surface area contributed by atoms with Crippen LogP contribution in [0.1, 0.15) is 55.0 Å². The summed E-state index contributed by atoms with van der Waals surface area (Å²) in [4.78, 5) is 30.2. The van der Waals surface area contributed by atoms with Crippen LogP contribution in [0.3, 0.4) is 0 Å². The number of benzene rings is 3. The molecule has 0 aliphatic carbocycles. The average Bonchev–Trinajstić information content (AvgIpc) is 3.14. The third kappa shape index (κ3) is 4.59. The summed E-state index contributed by atoms with van der Waals surface area (Å²) in [5.41, 5.74) is 5.28. The lowest BCUT2D eigenvalue weighted by Gasteiger charge is -2.26. The molecule has 0 bridgehead atoms. The van der Waals surface area contributed by atoms with Crippen LogP contribution < -0.4 is 9.80 Å². The van der Waals surface area contributed by atoms with E-state index < -0.39 is 17.7 Å². The van der Waals surface area contributed by atoms with Crippen LogP contribution in [-0.2, 0) is 16.0 Å². The fourth-order valence-electron chi connectivity index (χ4n) is 4.44. The van der Waals surface area contributed by atoms with E-state index in [1.54, 1.807) is 12.1 Å². The van der Waals surface area contributed by atoms with Crippen molar-refractivity contribution in [3.05, 3.63) is 101 Å². The SMILES string of the molecule is CCc1ccc(/C(O)=C2\C(=O)C(=O)N(c3ccc(N(C)C)cc3)C2c2ccc(C(C)C)cc2)cc1. The van der Waals surface area contributed by atoms with Gasteiger partial charge in [-0.25, -0.2) is 0 Å². The number of anilines is 2. The Morgan fingerprint density at radius 1 is 0.914 bits per heavy atom. The van der Waals surface area contributed by atoms with Crippen molar-refractivity contribution in [2.75, 3.05) is 23.9 Å². The van der Waals surface area contributed by atoms with Crippen LogP contribution in [0.15, 0.2) is 78.4 Å². The molecule has 1 atom stereocenters. The molecule has 0 radical (unpaired) electrons. The third-order valence-electron chi connectivity index (χ3n) is 6.64. The van der Waals surface area contributed by atoms with E-state index in [0.29, 0.717) is 17.2 Å². The number of ketones is 1. The zero-order valence-corrected chi connectivity index (χ0v) is 20.9. The monoisotopic (exact) mass is 468 g/mol. The number of aryl methyl sites for hydroxylation is 1. The number of hydrogen-bond acceptors (Lipinski definition) is 4. The van der Waals surface area contributed by atoms with E-state index in [1.165, 1.54) is 4.90 Å². The summed E-state index contributed by atoms with van der Waals surface area (Å²) in [5, 5.41) is 11.3. The van der Waals surface area contributed by atoms with Gasteiger partial charge < -0.3 is 10.0 Å². The van der Waals surface area contributed by atoms with Crippen LogP contribution in [-0.4, -0.2) is 30.9 Å². The molecule has 1 aliphatic heterocycles. The molecule has 1 fully saturated rings. The maximum absolute atomic E-state index is 13.4. The molecule has 1 N–H and O–H groups in total. The van der Waals surface area contributed by atoms with Gasteiger partial charge in [0.05, 0.1) is 11.6 Å². The van der Waals surface area contributed by atoms with Gasteiger partial charge in [-0.05, 0) is 53.3 Å². The first kappa shape index (κ1) is 24.3. The van der Waals surface area contributed by atoms with Crippen LogP contribution in [0, 0.1) is 0 Å². The Hall–Kier alpha value is -3.86. The lowest BCUT2D eigenvalue weighted by atomic mass is 9.93. The first-order valence-corrected chi connectivity index (χ1v) is 12.0.